The number of carbonyl (C=O) groups excluding carboxylic acids is 1. The van der Waals surface area contributed by atoms with E-state index in [1.54, 1.807) is 13.2 Å². The quantitative estimate of drug-likeness (QED) is 0.911. The molecule has 2 rings (SSSR count). The summed E-state index contributed by atoms with van der Waals surface area (Å²) < 4.78 is 5.20. The lowest BCUT2D eigenvalue weighted by Crippen LogP contribution is -2.27. The Bertz CT molecular complexity index is 608. The zero-order valence-corrected chi connectivity index (χ0v) is 12.7. The molecule has 0 aliphatic rings. The fraction of sp³-hybridized carbons (Fsp3) is 0.278. The van der Waals surface area contributed by atoms with Crippen molar-refractivity contribution in [1.29, 1.82) is 0 Å². The summed E-state index contributed by atoms with van der Waals surface area (Å²) in [5.74, 6) is 1.03. The Morgan fingerprint density at radius 3 is 2.52 bits per heavy atom. The van der Waals surface area contributed by atoms with Gasteiger partial charge in [0.05, 0.1) is 7.11 Å². The van der Waals surface area contributed by atoms with Gasteiger partial charge < -0.3 is 10.1 Å². The SMILES string of the molecule is COc1ccc(C(=O)NC[C@H](C)c2ccccc2)cc1C. The van der Waals surface area contributed by atoms with Crippen LogP contribution in [0.2, 0.25) is 0 Å². The van der Waals surface area contributed by atoms with E-state index in [0.29, 0.717) is 12.1 Å². The largest absolute Gasteiger partial charge is 0.496 e. The Kier molecular flexibility index (Phi) is 4.99. The van der Waals surface area contributed by atoms with Crippen molar-refractivity contribution in [2.24, 2.45) is 0 Å². The molecule has 3 nitrogen and oxygen atoms in total. The number of carbonyl (C=O) groups is 1. The van der Waals surface area contributed by atoms with Crippen LogP contribution in [-0.4, -0.2) is 19.6 Å². The van der Waals surface area contributed by atoms with Crippen molar-refractivity contribution in [1.82, 2.24) is 5.32 Å². The lowest BCUT2D eigenvalue weighted by molar-refractivity contribution is 0.0951. The van der Waals surface area contributed by atoms with Crippen molar-refractivity contribution in [3.63, 3.8) is 0 Å². The van der Waals surface area contributed by atoms with Gasteiger partial charge in [0.25, 0.3) is 5.91 Å². The Morgan fingerprint density at radius 2 is 1.90 bits per heavy atom. The first kappa shape index (κ1) is 15.1. The van der Waals surface area contributed by atoms with Gasteiger partial charge in [-0.15, -0.1) is 0 Å². The van der Waals surface area contributed by atoms with Crippen LogP contribution in [0.5, 0.6) is 5.75 Å². The van der Waals surface area contributed by atoms with Crippen LogP contribution in [0.3, 0.4) is 0 Å². The molecule has 0 aromatic heterocycles. The van der Waals surface area contributed by atoms with Gasteiger partial charge in [-0.1, -0.05) is 37.3 Å². The predicted octanol–water partition coefficient (Wildman–Crippen LogP) is 3.54. The second-order valence-corrected chi connectivity index (χ2v) is 5.21. The van der Waals surface area contributed by atoms with E-state index in [-0.39, 0.29) is 11.8 Å². The summed E-state index contributed by atoms with van der Waals surface area (Å²) in [6.45, 7) is 4.66. The molecule has 0 fully saturated rings. The number of hydrogen-bond acceptors (Lipinski definition) is 2. The Hall–Kier alpha value is -2.29. The number of rotatable bonds is 5. The zero-order valence-electron chi connectivity index (χ0n) is 12.7. The molecule has 0 heterocycles. The molecule has 1 amide bonds. The molecular formula is C18H21NO2. The first-order valence-corrected chi connectivity index (χ1v) is 7.09. The Morgan fingerprint density at radius 1 is 1.19 bits per heavy atom. The molecule has 0 unspecified atom stereocenters. The number of methoxy groups -OCH3 is 1. The van der Waals surface area contributed by atoms with Crippen molar-refractivity contribution >= 4 is 5.91 Å². The number of amides is 1. The van der Waals surface area contributed by atoms with Gasteiger partial charge in [0.2, 0.25) is 0 Å². The molecule has 0 bridgehead atoms. The summed E-state index contributed by atoms with van der Waals surface area (Å²) in [6, 6.07) is 15.6. The Labute approximate surface area is 126 Å². The first-order valence-electron chi connectivity index (χ1n) is 7.09. The lowest BCUT2D eigenvalue weighted by Gasteiger charge is -2.13. The number of hydrogen-bond donors (Lipinski definition) is 1. The average molecular weight is 283 g/mol. The van der Waals surface area contributed by atoms with Gasteiger partial charge in [-0.05, 0) is 42.2 Å². The normalized spacial score (nSPS) is 11.8. The minimum Gasteiger partial charge on any atom is -0.496 e. The molecule has 0 radical (unpaired) electrons. The summed E-state index contributed by atoms with van der Waals surface area (Å²) in [7, 11) is 1.63. The number of ether oxygens (including phenoxy) is 1. The van der Waals surface area contributed by atoms with Crippen molar-refractivity contribution in [2.45, 2.75) is 19.8 Å². The molecule has 0 saturated heterocycles. The van der Waals surface area contributed by atoms with Gasteiger partial charge in [0.15, 0.2) is 0 Å². The van der Waals surface area contributed by atoms with E-state index < -0.39 is 0 Å². The predicted molar refractivity (Wildman–Crippen MR) is 84.9 cm³/mol. The second kappa shape index (κ2) is 6.93. The molecule has 0 aliphatic carbocycles. The fourth-order valence-corrected chi connectivity index (χ4v) is 2.27. The van der Waals surface area contributed by atoms with Crippen LogP contribution in [0.15, 0.2) is 48.5 Å². The molecule has 1 N–H and O–H groups in total. The molecule has 2 aromatic carbocycles. The van der Waals surface area contributed by atoms with Crippen molar-refractivity contribution in [3.8, 4) is 5.75 Å². The molecule has 0 spiro atoms. The maximum absolute atomic E-state index is 12.2. The van der Waals surface area contributed by atoms with Crippen LogP contribution >= 0.6 is 0 Å². The first-order chi connectivity index (χ1) is 10.1. The van der Waals surface area contributed by atoms with E-state index >= 15 is 0 Å². The lowest BCUT2D eigenvalue weighted by atomic mass is 10.0. The molecule has 1 atom stereocenters. The van der Waals surface area contributed by atoms with Gasteiger partial charge >= 0.3 is 0 Å². The number of nitrogens with one attached hydrogen (secondary N) is 1. The van der Waals surface area contributed by atoms with Crippen LogP contribution in [-0.2, 0) is 0 Å². The molecule has 110 valence electrons. The van der Waals surface area contributed by atoms with Crippen LogP contribution in [0.4, 0.5) is 0 Å². The van der Waals surface area contributed by atoms with E-state index in [4.69, 9.17) is 4.74 Å². The molecule has 2 aromatic rings. The molecule has 0 aliphatic heterocycles. The summed E-state index contributed by atoms with van der Waals surface area (Å²) in [5.41, 5.74) is 2.85. The fourth-order valence-electron chi connectivity index (χ4n) is 2.27. The van der Waals surface area contributed by atoms with Crippen molar-refractivity contribution in [2.75, 3.05) is 13.7 Å². The minimum absolute atomic E-state index is 0.0523. The van der Waals surface area contributed by atoms with E-state index in [0.717, 1.165) is 11.3 Å². The van der Waals surface area contributed by atoms with Crippen LogP contribution in [0.1, 0.15) is 34.3 Å². The highest BCUT2D eigenvalue weighted by Gasteiger charge is 2.10. The third kappa shape index (κ3) is 3.85. The number of aryl methyl sites for hydroxylation is 1. The smallest absolute Gasteiger partial charge is 0.251 e. The third-order valence-electron chi connectivity index (χ3n) is 3.59. The zero-order chi connectivity index (χ0) is 15.2. The second-order valence-electron chi connectivity index (χ2n) is 5.21. The highest BCUT2D eigenvalue weighted by molar-refractivity contribution is 5.94. The molecule has 0 saturated carbocycles. The third-order valence-corrected chi connectivity index (χ3v) is 3.59. The summed E-state index contributed by atoms with van der Waals surface area (Å²) in [6.07, 6.45) is 0. The van der Waals surface area contributed by atoms with Crippen molar-refractivity contribution in [3.05, 3.63) is 65.2 Å². The highest BCUT2D eigenvalue weighted by atomic mass is 16.5. The van der Waals surface area contributed by atoms with Crippen LogP contribution < -0.4 is 10.1 Å². The molecule has 3 heteroatoms. The monoisotopic (exact) mass is 283 g/mol. The number of benzene rings is 2. The van der Waals surface area contributed by atoms with Crippen LogP contribution in [0.25, 0.3) is 0 Å². The summed E-state index contributed by atoms with van der Waals surface area (Å²) in [4.78, 5) is 12.2. The molecular weight excluding hydrogens is 262 g/mol. The van der Waals surface area contributed by atoms with Gasteiger partial charge in [-0.2, -0.15) is 0 Å². The van der Waals surface area contributed by atoms with Crippen molar-refractivity contribution < 1.29 is 9.53 Å². The van der Waals surface area contributed by atoms with Gasteiger partial charge in [0, 0.05) is 12.1 Å². The van der Waals surface area contributed by atoms with Crippen LogP contribution in [0, 0.1) is 6.92 Å². The maximum Gasteiger partial charge on any atom is 0.251 e. The standard InChI is InChI=1S/C18H21NO2/c1-13-11-16(9-10-17(13)21-3)18(20)19-12-14(2)15-7-5-4-6-8-15/h4-11,14H,12H2,1-3H3,(H,19,20)/t14-/m0/s1. The summed E-state index contributed by atoms with van der Waals surface area (Å²) in [5, 5.41) is 2.98. The van der Waals surface area contributed by atoms with E-state index in [2.05, 4.69) is 24.4 Å². The van der Waals surface area contributed by atoms with E-state index in [1.165, 1.54) is 5.56 Å². The average Bonchev–Trinajstić information content (AvgIpc) is 2.53. The van der Waals surface area contributed by atoms with Gasteiger partial charge in [0.1, 0.15) is 5.75 Å². The topological polar surface area (TPSA) is 38.3 Å². The van der Waals surface area contributed by atoms with E-state index in [1.807, 2.05) is 37.3 Å². The van der Waals surface area contributed by atoms with E-state index in [9.17, 15) is 4.79 Å². The minimum atomic E-state index is -0.0523. The molecule has 21 heavy (non-hydrogen) atoms. The highest BCUT2D eigenvalue weighted by Crippen LogP contribution is 2.19. The summed E-state index contributed by atoms with van der Waals surface area (Å²) >= 11 is 0. The Balaban J connectivity index is 1.97. The van der Waals surface area contributed by atoms with Gasteiger partial charge in [-0.3, -0.25) is 4.79 Å². The maximum atomic E-state index is 12.2. The van der Waals surface area contributed by atoms with Gasteiger partial charge in [-0.25, -0.2) is 0 Å².